The van der Waals surface area contributed by atoms with Gasteiger partial charge in [0.15, 0.2) is 0 Å². The predicted octanol–water partition coefficient (Wildman–Crippen LogP) is 5.94. The number of nitrogens with one attached hydrogen (secondary N) is 1. The Hall–Kier alpha value is -1.77. The lowest BCUT2D eigenvalue weighted by Gasteiger charge is -2.36. The van der Waals surface area contributed by atoms with Gasteiger partial charge in [0.05, 0.1) is 5.54 Å². The van der Waals surface area contributed by atoms with Gasteiger partial charge in [-0.05, 0) is 42.7 Å². The molecule has 0 aromatic heterocycles. The molecular formula is C22H35NO2. The summed E-state index contributed by atoms with van der Waals surface area (Å²) in [6, 6.07) is 8.68. The zero-order chi connectivity index (χ0) is 19.1. The van der Waals surface area contributed by atoms with Crippen LogP contribution in [0.2, 0.25) is 0 Å². The van der Waals surface area contributed by atoms with Crippen LogP contribution in [0, 0.1) is 5.92 Å². The van der Waals surface area contributed by atoms with Crippen LogP contribution in [0.4, 0.5) is 4.79 Å². The Kier molecular flexibility index (Phi) is 7.72. The third-order valence-electron chi connectivity index (χ3n) is 5.48. The van der Waals surface area contributed by atoms with Gasteiger partial charge in [-0.1, -0.05) is 77.5 Å². The first-order chi connectivity index (χ1) is 11.7. The molecule has 0 heterocycles. The average Bonchev–Trinajstić information content (AvgIpc) is 2.59. The van der Waals surface area contributed by atoms with Crippen molar-refractivity contribution >= 4 is 6.09 Å². The van der Waals surface area contributed by atoms with Crippen LogP contribution >= 0.6 is 0 Å². The largest absolute Gasteiger partial charge is 0.445 e. The molecule has 0 fully saturated rings. The Bertz CT molecular complexity index is 562. The van der Waals surface area contributed by atoms with Gasteiger partial charge >= 0.3 is 6.09 Å². The smallest absolute Gasteiger partial charge is 0.408 e. The molecular weight excluding hydrogens is 310 g/mol. The number of rotatable bonds is 9. The minimum absolute atomic E-state index is 0.183. The Balaban J connectivity index is 3.00. The molecule has 1 unspecified atom stereocenters. The van der Waals surface area contributed by atoms with Gasteiger partial charge in [0.1, 0.15) is 6.61 Å². The molecule has 0 saturated carbocycles. The first kappa shape index (κ1) is 21.3. The lowest BCUT2D eigenvalue weighted by molar-refractivity contribution is 0.147. The second-order valence-electron chi connectivity index (χ2n) is 7.69. The monoisotopic (exact) mass is 345 g/mol. The van der Waals surface area contributed by atoms with Gasteiger partial charge in [-0.2, -0.15) is 0 Å². The maximum Gasteiger partial charge on any atom is 0.408 e. The molecule has 1 amide bonds. The Labute approximate surface area is 153 Å². The third-order valence-corrected chi connectivity index (χ3v) is 5.48. The molecule has 2 atom stereocenters. The SMILES string of the molecule is C=CCOC(=O)NC(C)(C)c1ccc([C@@](C)(CCC)C(C)CC)cc1. The fourth-order valence-corrected chi connectivity index (χ4v) is 3.41. The average molecular weight is 346 g/mol. The van der Waals surface area contributed by atoms with E-state index in [1.54, 1.807) is 6.08 Å². The molecule has 140 valence electrons. The zero-order valence-electron chi connectivity index (χ0n) is 16.8. The van der Waals surface area contributed by atoms with E-state index in [0.717, 1.165) is 5.56 Å². The van der Waals surface area contributed by atoms with E-state index >= 15 is 0 Å². The number of benzene rings is 1. The summed E-state index contributed by atoms with van der Waals surface area (Å²) in [4.78, 5) is 11.8. The predicted molar refractivity (Wildman–Crippen MR) is 106 cm³/mol. The van der Waals surface area contributed by atoms with Gasteiger partial charge < -0.3 is 10.1 Å². The summed E-state index contributed by atoms with van der Waals surface area (Å²) >= 11 is 0. The van der Waals surface area contributed by atoms with Crippen molar-refractivity contribution in [2.24, 2.45) is 5.92 Å². The van der Waals surface area contributed by atoms with E-state index in [9.17, 15) is 4.79 Å². The van der Waals surface area contributed by atoms with E-state index in [1.165, 1.54) is 24.8 Å². The molecule has 0 spiro atoms. The molecule has 0 aliphatic rings. The van der Waals surface area contributed by atoms with Crippen LogP contribution in [0.5, 0.6) is 0 Å². The number of amides is 1. The number of carbonyl (C=O) groups excluding carboxylic acids is 1. The second kappa shape index (κ2) is 9.07. The van der Waals surface area contributed by atoms with Crippen LogP contribution in [-0.4, -0.2) is 12.7 Å². The van der Waals surface area contributed by atoms with Crippen molar-refractivity contribution in [2.75, 3.05) is 6.61 Å². The van der Waals surface area contributed by atoms with Gasteiger partial charge in [0, 0.05) is 0 Å². The van der Waals surface area contributed by atoms with Crippen LogP contribution in [0.15, 0.2) is 36.9 Å². The standard InChI is InChI=1S/C22H35NO2/c1-8-15-22(7,17(4)10-3)19-13-11-18(12-14-19)21(5,6)23-20(24)25-16-9-2/h9,11-14,17H,2,8,10,15-16H2,1,3-7H3,(H,23,24)/t17?,22-/m0/s1. The summed E-state index contributed by atoms with van der Waals surface area (Å²) in [6.45, 7) is 16.9. The molecule has 0 radical (unpaired) electrons. The number of alkyl carbamates (subject to hydrolysis) is 1. The van der Waals surface area contributed by atoms with E-state index in [4.69, 9.17) is 4.74 Å². The minimum atomic E-state index is -0.492. The highest BCUT2D eigenvalue weighted by atomic mass is 16.5. The molecule has 0 aliphatic heterocycles. The van der Waals surface area contributed by atoms with Gasteiger partial charge in [-0.25, -0.2) is 4.79 Å². The normalized spacial score (nSPS) is 15.1. The van der Waals surface area contributed by atoms with Crippen LogP contribution < -0.4 is 5.32 Å². The molecule has 0 bridgehead atoms. The third kappa shape index (κ3) is 5.35. The highest BCUT2D eigenvalue weighted by Gasteiger charge is 2.32. The van der Waals surface area contributed by atoms with Crippen molar-refractivity contribution in [3.63, 3.8) is 0 Å². The summed E-state index contributed by atoms with van der Waals surface area (Å²) < 4.78 is 5.04. The van der Waals surface area contributed by atoms with Crippen molar-refractivity contribution < 1.29 is 9.53 Å². The topological polar surface area (TPSA) is 38.3 Å². The molecule has 1 rings (SSSR count). The fourth-order valence-electron chi connectivity index (χ4n) is 3.41. The van der Waals surface area contributed by atoms with Crippen molar-refractivity contribution in [1.29, 1.82) is 0 Å². The van der Waals surface area contributed by atoms with Gasteiger partial charge in [-0.15, -0.1) is 0 Å². The number of carbonyl (C=O) groups is 1. The summed E-state index contributed by atoms with van der Waals surface area (Å²) in [5, 5.41) is 2.92. The molecule has 3 heteroatoms. The van der Waals surface area contributed by atoms with Crippen molar-refractivity contribution in [3.8, 4) is 0 Å². The quantitative estimate of drug-likeness (QED) is 0.563. The van der Waals surface area contributed by atoms with Crippen molar-refractivity contribution in [2.45, 2.75) is 71.8 Å². The Morgan fingerprint density at radius 1 is 1.20 bits per heavy atom. The number of hydrogen-bond acceptors (Lipinski definition) is 2. The fraction of sp³-hybridized carbons (Fsp3) is 0.591. The van der Waals surface area contributed by atoms with Crippen LogP contribution in [0.3, 0.4) is 0 Å². The highest BCUT2D eigenvalue weighted by molar-refractivity contribution is 5.68. The second-order valence-corrected chi connectivity index (χ2v) is 7.69. The van der Waals surface area contributed by atoms with Gasteiger partial charge in [0.25, 0.3) is 0 Å². The highest BCUT2D eigenvalue weighted by Crippen LogP contribution is 2.38. The summed E-state index contributed by atoms with van der Waals surface area (Å²) in [6.07, 6.45) is 4.65. The van der Waals surface area contributed by atoms with E-state index in [1.807, 2.05) is 13.8 Å². The van der Waals surface area contributed by atoms with Gasteiger partial charge in [-0.3, -0.25) is 0 Å². The first-order valence-corrected chi connectivity index (χ1v) is 9.38. The van der Waals surface area contributed by atoms with E-state index < -0.39 is 11.6 Å². The van der Waals surface area contributed by atoms with Crippen LogP contribution in [0.1, 0.15) is 71.9 Å². The van der Waals surface area contributed by atoms with Crippen molar-refractivity contribution in [1.82, 2.24) is 5.32 Å². The van der Waals surface area contributed by atoms with Crippen LogP contribution in [-0.2, 0) is 15.7 Å². The zero-order valence-corrected chi connectivity index (χ0v) is 16.8. The number of hydrogen-bond donors (Lipinski definition) is 1. The molecule has 25 heavy (non-hydrogen) atoms. The van der Waals surface area contributed by atoms with Crippen molar-refractivity contribution in [3.05, 3.63) is 48.0 Å². The van der Waals surface area contributed by atoms with E-state index in [0.29, 0.717) is 5.92 Å². The lowest BCUT2D eigenvalue weighted by Crippen LogP contribution is -2.41. The molecule has 1 aromatic carbocycles. The minimum Gasteiger partial charge on any atom is -0.445 e. The molecule has 1 aromatic rings. The maximum atomic E-state index is 11.8. The molecule has 1 N–H and O–H groups in total. The van der Waals surface area contributed by atoms with E-state index in [-0.39, 0.29) is 12.0 Å². The Morgan fingerprint density at radius 2 is 1.76 bits per heavy atom. The van der Waals surface area contributed by atoms with Crippen LogP contribution in [0.25, 0.3) is 0 Å². The summed E-state index contributed by atoms with van der Waals surface area (Å²) in [5.74, 6) is 0.623. The molecule has 0 aliphatic carbocycles. The summed E-state index contributed by atoms with van der Waals surface area (Å²) in [7, 11) is 0. The lowest BCUT2D eigenvalue weighted by atomic mass is 9.68. The maximum absolute atomic E-state index is 11.8. The van der Waals surface area contributed by atoms with E-state index in [2.05, 4.69) is 63.9 Å². The molecule has 0 saturated heterocycles. The van der Waals surface area contributed by atoms with Gasteiger partial charge in [0.2, 0.25) is 0 Å². The molecule has 3 nitrogen and oxygen atoms in total. The number of ether oxygens (including phenoxy) is 1. The Morgan fingerprint density at radius 3 is 2.24 bits per heavy atom. The first-order valence-electron chi connectivity index (χ1n) is 9.38. The summed E-state index contributed by atoms with van der Waals surface area (Å²) in [5.41, 5.74) is 2.13.